The number of aromatic amines is 1. The van der Waals surface area contributed by atoms with Crippen LogP contribution in [0.1, 0.15) is 39.2 Å². The van der Waals surface area contributed by atoms with Crippen LogP contribution in [0.3, 0.4) is 0 Å². The Bertz CT molecular complexity index is 568. The van der Waals surface area contributed by atoms with Gasteiger partial charge < -0.3 is 10.1 Å². The molecule has 0 aliphatic carbocycles. The predicted octanol–water partition coefficient (Wildman–Crippen LogP) is 0.755. The van der Waals surface area contributed by atoms with E-state index < -0.39 is 10.0 Å². The van der Waals surface area contributed by atoms with Crippen molar-refractivity contribution in [3.05, 3.63) is 11.8 Å². The van der Waals surface area contributed by atoms with Crippen LogP contribution in [0.2, 0.25) is 0 Å². The van der Waals surface area contributed by atoms with Gasteiger partial charge in [-0.3, -0.25) is 5.10 Å². The highest BCUT2D eigenvalue weighted by molar-refractivity contribution is 7.89. The monoisotopic (exact) mass is 316 g/mol. The second-order valence-electron chi connectivity index (χ2n) is 5.92. The molecule has 2 rings (SSSR count). The average Bonchev–Trinajstić information content (AvgIpc) is 2.83. The minimum Gasteiger partial charge on any atom is -0.375 e. The van der Waals surface area contributed by atoms with Crippen LogP contribution in [0.25, 0.3) is 0 Å². The molecule has 3 N–H and O–H groups in total. The zero-order valence-corrected chi connectivity index (χ0v) is 13.6. The quantitative estimate of drug-likeness (QED) is 0.720. The lowest BCUT2D eigenvalue weighted by Gasteiger charge is -2.35. The molecule has 0 spiro atoms. The van der Waals surface area contributed by atoms with E-state index in [0.717, 1.165) is 6.54 Å². The minimum atomic E-state index is -3.59. The molecule has 2 heterocycles. The third kappa shape index (κ3) is 4.26. The number of sulfonamides is 1. The Kier molecular flexibility index (Phi) is 5.03. The molecule has 120 valence electrons. The van der Waals surface area contributed by atoms with Gasteiger partial charge in [-0.15, -0.1) is 0 Å². The van der Waals surface area contributed by atoms with Crippen molar-refractivity contribution in [2.24, 2.45) is 0 Å². The van der Waals surface area contributed by atoms with Gasteiger partial charge in [-0.1, -0.05) is 6.92 Å². The highest BCUT2D eigenvalue weighted by Gasteiger charge is 2.32. The number of ether oxygens (including phenoxy) is 1. The van der Waals surface area contributed by atoms with Crippen LogP contribution in [-0.2, 0) is 21.3 Å². The van der Waals surface area contributed by atoms with Gasteiger partial charge in [-0.05, 0) is 33.2 Å². The van der Waals surface area contributed by atoms with Gasteiger partial charge in [-0.25, -0.2) is 13.1 Å². The molecule has 21 heavy (non-hydrogen) atoms. The summed E-state index contributed by atoms with van der Waals surface area (Å²) in [4.78, 5) is 0. The predicted molar refractivity (Wildman–Crippen MR) is 79.3 cm³/mol. The lowest BCUT2D eigenvalue weighted by molar-refractivity contribution is -0.0599. The first-order valence-electron chi connectivity index (χ1n) is 7.23. The third-order valence-corrected chi connectivity index (χ3v) is 5.07. The zero-order valence-electron chi connectivity index (χ0n) is 12.8. The summed E-state index contributed by atoms with van der Waals surface area (Å²) in [7, 11) is -3.59. The van der Waals surface area contributed by atoms with E-state index in [-0.39, 0.29) is 16.7 Å². The number of hydrogen-bond acceptors (Lipinski definition) is 5. The summed E-state index contributed by atoms with van der Waals surface area (Å²) >= 11 is 0. The Morgan fingerprint density at radius 3 is 2.95 bits per heavy atom. The van der Waals surface area contributed by atoms with E-state index >= 15 is 0 Å². The molecule has 8 heteroatoms. The Morgan fingerprint density at radius 1 is 1.52 bits per heavy atom. The molecule has 0 saturated carbocycles. The van der Waals surface area contributed by atoms with E-state index in [1.165, 1.54) is 0 Å². The van der Waals surface area contributed by atoms with Crippen LogP contribution in [0, 0.1) is 0 Å². The van der Waals surface area contributed by atoms with E-state index in [1.54, 1.807) is 6.20 Å². The number of nitrogens with one attached hydrogen (secondary N) is 3. The van der Waals surface area contributed by atoms with Crippen molar-refractivity contribution < 1.29 is 13.2 Å². The second kappa shape index (κ2) is 6.43. The van der Waals surface area contributed by atoms with Gasteiger partial charge in [0.15, 0.2) is 5.03 Å². The van der Waals surface area contributed by atoms with Gasteiger partial charge in [0.25, 0.3) is 10.0 Å². The Hall–Kier alpha value is -0.960. The SMILES string of the molecule is CCNCc1cn[nH]c1S(=O)(=O)NC1CCOC(C)(C)C1. The molecule has 1 aromatic rings. The smallest absolute Gasteiger partial charge is 0.258 e. The van der Waals surface area contributed by atoms with Crippen molar-refractivity contribution in [3.63, 3.8) is 0 Å². The van der Waals surface area contributed by atoms with Gasteiger partial charge in [0, 0.05) is 24.8 Å². The number of hydrogen-bond donors (Lipinski definition) is 3. The normalized spacial score (nSPS) is 22.3. The van der Waals surface area contributed by atoms with E-state index in [0.29, 0.717) is 31.6 Å². The van der Waals surface area contributed by atoms with Gasteiger partial charge in [0.05, 0.1) is 11.8 Å². The standard InChI is InChI=1S/C13H24N4O3S/c1-4-14-8-10-9-15-16-12(10)21(18,19)17-11-5-6-20-13(2,3)7-11/h9,11,14,17H,4-8H2,1-3H3,(H,15,16). The first kappa shape index (κ1) is 16.4. The molecule has 1 atom stereocenters. The van der Waals surface area contributed by atoms with Crippen LogP contribution < -0.4 is 10.0 Å². The van der Waals surface area contributed by atoms with Gasteiger partial charge >= 0.3 is 0 Å². The van der Waals surface area contributed by atoms with Gasteiger partial charge in [0.1, 0.15) is 0 Å². The maximum Gasteiger partial charge on any atom is 0.258 e. The van der Waals surface area contributed by atoms with Crippen LogP contribution in [0.5, 0.6) is 0 Å². The molecule has 1 fully saturated rings. The summed E-state index contributed by atoms with van der Waals surface area (Å²) in [6.45, 7) is 7.72. The van der Waals surface area contributed by atoms with E-state index in [2.05, 4.69) is 20.2 Å². The van der Waals surface area contributed by atoms with E-state index in [1.807, 2.05) is 20.8 Å². The lowest BCUT2D eigenvalue weighted by atomic mass is 9.95. The van der Waals surface area contributed by atoms with Crippen LogP contribution >= 0.6 is 0 Å². The molecule has 0 bridgehead atoms. The summed E-state index contributed by atoms with van der Waals surface area (Å²) in [6.07, 6.45) is 2.88. The molecule has 1 aliphatic rings. The van der Waals surface area contributed by atoms with Crippen molar-refractivity contribution in [1.82, 2.24) is 20.2 Å². The first-order valence-corrected chi connectivity index (χ1v) is 8.71. The molecular weight excluding hydrogens is 292 g/mol. The molecule has 7 nitrogen and oxygen atoms in total. The Labute approximate surface area is 125 Å². The van der Waals surface area contributed by atoms with Crippen LogP contribution in [0.15, 0.2) is 11.2 Å². The fraction of sp³-hybridized carbons (Fsp3) is 0.769. The number of rotatable bonds is 6. The lowest BCUT2D eigenvalue weighted by Crippen LogP contribution is -2.46. The van der Waals surface area contributed by atoms with Crippen molar-refractivity contribution in [2.45, 2.75) is 56.8 Å². The number of H-pyrrole nitrogens is 1. The molecule has 1 aliphatic heterocycles. The van der Waals surface area contributed by atoms with Crippen molar-refractivity contribution in [1.29, 1.82) is 0 Å². The zero-order chi connectivity index (χ0) is 15.5. The van der Waals surface area contributed by atoms with Gasteiger partial charge in [-0.2, -0.15) is 5.10 Å². The first-order chi connectivity index (χ1) is 9.84. The molecule has 0 radical (unpaired) electrons. The number of aromatic nitrogens is 2. The van der Waals surface area contributed by atoms with Crippen molar-refractivity contribution in [3.8, 4) is 0 Å². The van der Waals surface area contributed by atoms with Crippen molar-refractivity contribution in [2.75, 3.05) is 13.2 Å². The Balaban J connectivity index is 2.10. The van der Waals surface area contributed by atoms with Crippen molar-refractivity contribution >= 4 is 10.0 Å². The fourth-order valence-electron chi connectivity index (χ4n) is 2.53. The molecule has 0 aromatic carbocycles. The van der Waals surface area contributed by atoms with Crippen LogP contribution in [0.4, 0.5) is 0 Å². The maximum atomic E-state index is 12.5. The maximum absolute atomic E-state index is 12.5. The second-order valence-corrected chi connectivity index (χ2v) is 7.57. The Morgan fingerprint density at radius 2 is 2.29 bits per heavy atom. The minimum absolute atomic E-state index is 0.117. The molecule has 1 saturated heterocycles. The largest absolute Gasteiger partial charge is 0.375 e. The summed E-state index contributed by atoms with van der Waals surface area (Å²) < 4.78 is 33.4. The number of nitrogens with zero attached hydrogens (tertiary/aromatic N) is 1. The summed E-state index contributed by atoms with van der Waals surface area (Å²) in [5.74, 6) is 0. The highest BCUT2D eigenvalue weighted by Crippen LogP contribution is 2.25. The third-order valence-electron chi connectivity index (χ3n) is 3.53. The van der Waals surface area contributed by atoms with E-state index in [9.17, 15) is 8.42 Å². The topological polar surface area (TPSA) is 96.1 Å². The highest BCUT2D eigenvalue weighted by atomic mass is 32.2. The molecule has 1 unspecified atom stereocenters. The summed E-state index contributed by atoms with van der Waals surface area (Å²) in [5, 5.41) is 9.70. The van der Waals surface area contributed by atoms with Gasteiger partial charge in [0.2, 0.25) is 0 Å². The fourth-order valence-corrected chi connectivity index (χ4v) is 3.93. The average molecular weight is 316 g/mol. The molecule has 1 aromatic heterocycles. The molecular formula is C13H24N4O3S. The van der Waals surface area contributed by atoms with Crippen LogP contribution in [-0.4, -0.2) is 43.4 Å². The summed E-state index contributed by atoms with van der Waals surface area (Å²) in [5.41, 5.74) is 0.349. The summed E-state index contributed by atoms with van der Waals surface area (Å²) in [6, 6.07) is -0.117. The molecule has 0 amide bonds. The van der Waals surface area contributed by atoms with E-state index in [4.69, 9.17) is 4.74 Å².